The Morgan fingerprint density at radius 3 is 2.73 bits per heavy atom. The predicted molar refractivity (Wildman–Crippen MR) is 58.0 cm³/mol. The van der Waals surface area contributed by atoms with E-state index in [2.05, 4.69) is 10.2 Å². The Kier molecular flexibility index (Phi) is 2.80. The van der Waals surface area contributed by atoms with Crippen LogP contribution in [0.1, 0.15) is 11.7 Å². The standard InChI is InChI=1S/C11H13N3O/c12-9(7-15)11-6-10(13-14-11)8-4-2-1-3-5-8/h1-6,9,15H,7,12H2,(H,13,14). The van der Waals surface area contributed by atoms with Crippen LogP contribution in [-0.2, 0) is 0 Å². The van der Waals surface area contributed by atoms with E-state index < -0.39 is 6.04 Å². The number of hydrogen-bond acceptors (Lipinski definition) is 3. The maximum absolute atomic E-state index is 8.90. The lowest BCUT2D eigenvalue weighted by molar-refractivity contribution is 0.266. The third-order valence-corrected chi connectivity index (χ3v) is 2.26. The summed E-state index contributed by atoms with van der Waals surface area (Å²) in [5.41, 5.74) is 8.29. The molecule has 0 aliphatic rings. The molecule has 0 aliphatic heterocycles. The molecule has 1 unspecified atom stereocenters. The summed E-state index contributed by atoms with van der Waals surface area (Å²) in [6, 6.07) is 11.3. The number of aromatic amines is 1. The Morgan fingerprint density at radius 1 is 1.33 bits per heavy atom. The minimum Gasteiger partial charge on any atom is -0.394 e. The van der Waals surface area contributed by atoms with Crippen LogP contribution in [0.15, 0.2) is 36.4 Å². The quantitative estimate of drug-likeness (QED) is 0.698. The van der Waals surface area contributed by atoms with E-state index in [1.165, 1.54) is 0 Å². The van der Waals surface area contributed by atoms with Crippen molar-refractivity contribution in [3.8, 4) is 11.3 Å². The second-order valence-corrected chi connectivity index (χ2v) is 3.36. The maximum atomic E-state index is 8.90. The number of rotatable bonds is 3. The molecular weight excluding hydrogens is 190 g/mol. The number of aliphatic hydroxyl groups excluding tert-OH is 1. The molecule has 0 saturated heterocycles. The van der Waals surface area contributed by atoms with Gasteiger partial charge in [0.05, 0.1) is 24.0 Å². The van der Waals surface area contributed by atoms with Gasteiger partial charge < -0.3 is 10.8 Å². The monoisotopic (exact) mass is 203 g/mol. The molecule has 0 radical (unpaired) electrons. The van der Waals surface area contributed by atoms with E-state index in [0.29, 0.717) is 0 Å². The Morgan fingerprint density at radius 2 is 2.07 bits per heavy atom. The number of hydrogen-bond donors (Lipinski definition) is 3. The Labute approximate surface area is 87.7 Å². The second kappa shape index (κ2) is 4.25. The molecule has 1 atom stereocenters. The van der Waals surface area contributed by atoms with Crippen molar-refractivity contribution in [2.24, 2.45) is 5.73 Å². The van der Waals surface area contributed by atoms with Crippen LogP contribution >= 0.6 is 0 Å². The molecule has 2 rings (SSSR count). The third-order valence-electron chi connectivity index (χ3n) is 2.26. The second-order valence-electron chi connectivity index (χ2n) is 3.36. The summed E-state index contributed by atoms with van der Waals surface area (Å²) < 4.78 is 0. The summed E-state index contributed by atoms with van der Waals surface area (Å²) >= 11 is 0. The van der Waals surface area contributed by atoms with Crippen molar-refractivity contribution in [2.45, 2.75) is 6.04 Å². The van der Waals surface area contributed by atoms with Gasteiger partial charge in [-0.05, 0) is 6.07 Å². The van der Waals surface area contributed by atoms with Crippen LogP contribution in [0.4, 0.5) is 0 Å². The Bertz CT molecular complexity index is 424. The van der Waals surface area contributed by atoms with E-state index in [4.69, 9.17) is 10.8 Å². The number of aromatic nitrogens is 2. The molecule has 15 heavy (non-hydrogen) atoms. The van der Waals surface area contributed by atoms with Crippen molar-refractivity contribution >= 4 is 0 Å². The van der Waals surface area contributed by atoms with Gasteiger partial charge in [0.2, 0.25) is 0 Å². The molecule has 1 aromatic heterocycles. The van der Waals surface area contributed by atoms with Crippen LogP contribution in [-0.4, -0.2) is 21.9 Å². The van der Waals surface area contributed by atoms with Crippen LogP contribution in [0.2, 0.25) is 0 Å². The molecule has 1 aromatic carbocycles. The Hall–Kier alpha value is -1.65. The van der Waals surface area contributed by atoms with Crippen LogP contribution in [0.5, 0.6) is 0 Å². The first kappa shape index (κ1) is 9.89. The number of nitrogens with zero attached hydrogens (tertiary/aromatic N) is 1. The molecule has 0 saturated carbocycles. The largest absolute Gasteiger partial charge is 0.394 e. The smallest absolute Gasteiger partial charge is 0.0924 e. The topological polar surface area (TPSA) is 74.9 Å². The van der Waals surface area contributed by atoms with Gasteiger partial charge in [-0.15, -0.1) is 0 Å². The third kappa shape index (κ3) is 2.06. The minimum absolute atomic E-state index is 0.0869. The molecule has 4 nitrogen and oxygen atoms in total. The zero-order valence-corrected chi connectivity index (χ0v) is 8.22. The van der Waals surface area contributed by atoms with E-state index in [9.17, 15) is 0 Å². The summed E-state index contributed by atoms with van der Waals surface area (Å²) in [6.45, 7) is -0.0869. The molecule has 1 heterocycles. The van der Waals surface area contributed by atoms with Gasteiger partial charge in [-0.2, -0.15) is 5.10 Å². The van der Waals surface area contributed by atoms with Gasteiger partial charge in [0, 0.05) is 5.56 Å². The first-order chi connectivity index (χ1) is 7.31. The molecule has 4 heteroatoms. The first-order valence-corrected chi connectivity index (χ1v) is 4.78. The zero-order chi connectivity index (χ0) is 10.7. The summed E-state index contributed by atoms with van der Waals surface area (Å²) in [5, 5.41) is 15.9. The number of benzene rings is 1. The molecule has 0 amide bonds. The van der Waals surface area contributed by atoms with Crippen LogP contribution in [0.3, 0.4) is 0 Å². The fourth-order valence-electron chi connectivity index (χ4n) is 1.38. The van der Waals surface area contributed by atoms with Gasteiger partial charge in [-0.25, -0.2) is 0 Å². The van der Waals surface area contributed by atoms with Gasteiger partial charge in [0.25, 0.3) is 0 Å². The number of nitrogens with two attached hydrogens (primary N) is 1. The molecule has 0 bridgehead atoms. The molecule has 78 valence electrons. The lowest BCUT2D eigenvalue weighted by Gasteiger charge is -2.02. The highest BCUT2D eigenvalue weighted by Gasteiger charge is 2.09. The highest BCUT2D eigenvalue weighted by molar-refractivity contribution is 5.59. The highest BCUT2D eigenvalue weighted by atomic mass is 16.3. The average molecular weight is 203 g/mol. The maximum Gasteiger partial charge on any atom is 0.0924 e. The zero-order valence-electron chi connectivity index (χ0n) is 8.22. The van der Waals surface area contributed by atoms with E-state index in [1.807, 2.05) is 36.4 Å². The van der Waals surface area contributed by atoms with Crippen molar-refractivity contribution in [3.05, 3.63) is 42.1 Å². The summed E-state index contributed by atoms with van der Waals surface area (Å²) in [7, 11) is 0. The fourth-order valence-corrected chi connectivity index (χ4v) is 1.38. The highest BCUT2D eigenvalue weighted by Crippen LogP contribution is 2.18. The van der Waals surface area contributed by atoms with Crippen molar-refractivity contribution in [2.75, 3.05) is 6.61 Å². The van der Waals surface area contributed by atoms with Crippen LogP contribution in [0, 0.1) is 0 Å². The lowest BCUT2D eigenvalue weighted by Crippen LogP contribution is -2.14. The molecular formula is C11H13N3O. The van der Waals surface area contributed by atoms with Crippen molar-refractivity contribution in [3.63, 3.8) is 0 Å². The predicted octanol–water partition coefficient (Wildman–Crippen LogP) is 1.07. The van der Waals surface area contributed by atoms with Crippen LogP contribution in [0.25, 0.3) is 11.3 Å². The van der Waals surface area contributed by atoms with Gasteiger partial charge in [-0.1, -0.05) is 30.3 Å². The SMILES string of the molecule is NC(CO)c1cc(-c2ccccc2)n[nH]1. The summed E-state index contributed by atoms with van der Waals surface area (Å²) in [4.78, 5) is 0. The summed E-state index contributed by atoms with van der Waals surface area (Å²) in [6.07, 6.45) is 0. The number of nitrogens with one attached hydrogen (secondary N) is 1. The van der Waals surface area contributed by atoms with Crippen molar-refractivity contribution in [1.82, 2.24) is 10.2 Å². The normalized spacial score (nSPS) is 12.7. The molecule has 0 spiro atoms. The molecule has 0 aliphatic carbocycles. The van der Waals surface area contributed by atoms with E-state index >= 15 is 0 Å². The van der Waals surface area contributed by atoms with E-state index in [0.717, 1.165) is 17.0 Å². The average Bonchev–Trinajstić information content (AvgIpc) is 2.78. The number of H-pyrrole nitrogens is 1. The van der Waals surface area contributed by atoms with Gasteiger partial charge in [0.1, 0.15) is 0 Å². The van der Waals surface area contributed by atoms with E-state index in [1.54, 1.807) is 0 Å². The molecule has 4 N–H and O–H groups in total. The van der Waals surface area contributed by atoms with Crippen molar-refractivity contribution < 1.29 is 5.11 Å². The van der Waals surface area contributed by atoms with Crippen molar-refractivity contribution in [1.29, 1.82) is 0 Å². The van der Waals surface area contributed by atoms with Crippen LogP contribution < -0.4 is 5.73 Å². The summed E-state index contributed by atoms with van der Waals surface area (Å²) in [5.74, 6) is 0. The van der Waals surface area contributed by atoms with E-state index in [-0.39, 0.29) is 6.61 Å². The molecule has 0 fully saturated rings. The lowest BCUT2D eigenvalue weighted by atomic mass is 10.1. The minimum atomic E-state index is -0.394. The fraction of sp³-hybridized carbons (Fsp3) is 0.182. The van der Waals surface area contributed by atoms with Gasteiger partial charge >= 0.3 is 0 Å². The first-order valence-electron chi connectivity index (χ1n) is 4.78. The van der Waals surface area contributed by atoms with Gasteiger partial charge in [-0.3, -0.25) is 5.10 Å². The Balaban J connectivity index is 2.28. The van der Waals surface area contributed by atoms with Gasteiger partial charge in [0.15, 0.2) is 0 Å². The number of aliphatic hydroxyl groups is 1. The molecule has 2 aromatic rings.